The van der Waals surface area contributed by atoms with Gasteiger partial charge in [0, 0.05) is 19.1 Å². The van der Waals surface area contributed by atoms with Crippen molar-refractivity contribution in [3.8, 4) is 0 Å². The van der Waals surface area contributed by atoms with Crippen LogP contribution in [0.4, 0.5) is 13.2 Å². The zero-order valence-electron chi connectivity index (χ0n) is 12.4. The van der Waals surface area contributed by atoms with Gasteiger partial charge in [0.2, 0.25) is 5.91 Å². The molecule has 6 heteroatoms. The van der Waals surface area contributed by atoms with Crippen molar-refractivity contribution in [1.82, 2.24) is 5.32 Å². The number of alkyl halides is 3. The lowest BCUT2D eigenvalue weighted by atomic mass is 10.0. The molecule has 2 rings (SSSR count). The van der Waals surface area contributed by atoms with Crippen LogP contribution in [0.15, 0.2) is 24.3 Å². The molecule has 122 valence electrons. The first-order valence-electron chi connectivity index (χ1n) is 7.38. The number of aliphatic hydroxyl groups excluding tert-OH is 1. The van der Waals surface area contributed by atoms with Crippen LogP contribution >= 0.6 is 0 Å². The zero-order valence-corrected chi connectivity index (χ0v) is 12.4. The maximum Gasteiger partial charge on any atom is 0.416 e. The average Bonchev–Trinajstić information content (AvgIpc) is 3.25. The van der Waals surface area contributed by atoms with E-state index in [2.05, 4.69) is 5.32 Å². The number of halogens is 3. The summed E-state index contributed by atoms with van der Waals surface area (Å²) in [7, 11) is 0. The molecule has 0 aliphatic heterocycles. The molecule has 1 saturated carbocycles. The Balaban J connectivity index is 1.91. The molecular weight excluding hydrogens is 295 g/mol. The molecule has 0 heterocycles. The van der Waals surface area contributed by atoms with E-state index in [4.69, 9.17) is 5.11 Å². The fourth-order valence-corrected chi connectivity index (χ4v) is 2.53. The molecular formula is C16H20F3NO2. The van der Waals surface area contributed by atoms with Crippen LogP contribution in [0.3, 0.4) is 0 Å². The molecule has 1 aromatic rings. The van der Waals surface area contributed by atoms with Crippen LogP contribution in [0.25, 0.3) is 0 Å². The van der Waals surface area contributed by atoms with E-state index < -0.39 is 11.7 Å². The number of benzene rings is 1. The lowest BCUT2D eigenvalue weighted by molar-refractivity contribution is -0.137. The van der Waals surface area contributed by atoms with Gasteiger partial charge in [-0.25, -0.2) is 0 Å². The highest BCUT2D eigenvalue weighted by atomic mass is 19.4. The first-order valence-corrected chi connectivity index (χ1v) is 7.38. The quantitative estimate of drug-likeness (QED) is 0.848. The van der Waals surface area contributed by atoms with E-state index in [1.54, 1.807) is 6.07 Å². The highest BCUT2D eigenvalue weighted by Crippen LogP contribution is 2.48. The summed E-state index contributed by atoms with van der Waals surface area (Å²) in [5.41, 5.74) is -0.106. The molecule has 22 heavy (non-hydrogen) atoms. The molecule has 3 unspecified atom stereocenters. The van der Waals surface area contributed by atoms with Crippen molar-refractivity contribution < 1.29 is 23.1 Å². The van der Waals surface area contributed by atoms with Crippen LogP contribution in [-0.4, -0.2) is 24.2 Å². The lowest BCUT2D eigenvalue weighted by Crippen LogP contribution is -2.30. The molecule has 0 aromatic heterocycles. The molecule has 0 bridgehead atoms. The first-order chi connectivity index (χ1) is 10.3. The maximum absolute atomic E-state index is 12.7. The Morgan fingerprint density at radius 1 is 1.45 bits per heavy atom. The van der Waals surface area contributed by atoms with E-state index >= 15 is 0 Å². The Morgan fingerprint density at radius 2 is 2.18 bits per heavy atom. The van der Waals surface area contributed by atoms with Gasteiger partial charge in [-0.3, -0.25) is 4.79 Å². The van der Waals surface area contributed by atoms with E-state index in [1.165, 1.54) is 6.07 Å². The van der Waals surface area contributed by atoms with E-state index in [-0.39, 0.29) is 30.3 Å². The van der Waals surface area contributed by atoms with Crippen molar-refractivity contribution in [1.29, 1.82) is 0 Å². The molecule has 1 aromatic carbocycles. The van der Waals surface area contributed by atoms with Crippen molar-refractivity contribution in [2.45, 2.75) is 31.9 Å². The van der Waals surface area contributed by atoms with E-state index in [9.17, 15) is 18.0 Å². The van der Waals surface area contributed by atoms with Crippen LogP contribution in [0.1, 0.15) is 36.8 Å². The van der Waals surface area contributed by atoms with Gasteiger partial charge in [-0.2, -0.15) is 13.2 Å². The number of carbonyl (C=O) groups excluding carboxylic acids is 1. The SMILES string of the molecule is CC(CCO)CNC(=O)C1CC1c1cccc(C(F)(F)F)c1. The number of hydrogen-bond acceptors (Lipinski definition) is 2. The highest BCUT2D eigenvalue weighted by Gasteiger charge is 2.44. The highest BCUT2D eigenvalue weighted by molar-refractivity contribution is 5.82. The number of nitrogens with one attached hydrogen (secondary N) is 1. The molecule has 0 saturated heterocycles. The average molecular weight is 315 g/mol. The summed E-state index contributed by atoms with van der Waals surface area (Å²) >= 11 is 0. The minimum atomic E-state index is -4.36. The van der Waals surface area contributed by atoms with E-state index in [0.717, 1.165) is 12.1 Å². The number of carbonyl (C=O) groups is 1. The van der Waals surface area contributed by atoms with Gasteiger partial charge in [-0.15, -0.1) is 0 Å². The Bertz CT molecular complexity index is 530. The molecule has 1 aliphatic carbocycles. The number of amides is 1. The predicted octanol–water partition coefficient (Wildman–Crippen LogP) is 2.94. The van der Waals surface area contributed by atoms with Crippen LogP contribution in [0, 0.1) is 11.8 Å². The van der Waals surface area contributed by atoms with Crippen molar-refractivity contribution in [2.24, 2.45) is 11.8 Å². The first kappa shape index (κ1) is 16.8. The van der Waals surface area contributed by atoms with Crippen LogP contribution in [-0.2, 0) is 11.0 Å². The van der Waals surface area contributed by atoms with Crippen molar-refractivity contribution in [3.05, 3.63) is 35.4 Å². The third-order valence-electron chi connectivity index (χ3n) is 4.02. The van der Waals surface area contributed by atoms with Crippen LogP contribution in [0.5, 0.6) is 0 Å². The normalized spacial score (nSPS) is 22.2. The smallest absolute Gasteiger partial charge is 0.396 e. The summed E-state index contributed by atoms with van der Waals surface area (Å²) in [6.45, 7) is 2.48. The monoisotopic (exact) mass is 315 g/mol. The van der Waals surface area contributed by atoms with Crippen molar-refractivity contribution in [3.63, 3.8) is 0 Å². The van der Waals surface area contributed by atoms with Crippen molar-refractivity contribution in [2.75, 3.05) is 13.2 Å². The van der Waals surface area contributed by atoms with Gasteiger partial charge < -0.3 is 10.4 Å². The largest absolute Gasteiger partial charge is 0.416 e. The molecule has 0 radical (unpaired) electrons. The summed E-state index contributed by atoms with van der Waals surface area (Å²) < 4.78 is 38.1. The second-order valence-electron chi connectivity index (χ2n) is 5.93. The molecule has 1 amide bonds. The molecule has 3 atom stereocenters. The summed E-state index contributed by atoms with van der Waals surface area (Å²) in [5, 5.41) is 11.6. The van der Waals surface area contributed by atoms with Gasteiger partial charge in [0.05, 0.1) is 5.56 Å². The maximum atomic E-state index is 12.7. The van der Waals surface area contributed by atoms with Gasteiger partial charge in [-0.1, -0.05) is 25.1 Å². The minimum absolute atomic E-state index is 0.0767. The third-order valence-corrected chi connectivity index (χ3v) is 4.02. The zero-order chi connectivity index (χ0) is 16.3. The molecule has 1 aliphatic rings. The van der Waals surface area contributed by atoms with E-state index in [0.29, 0.717) is 24.9 Å². The Labute approximate surface area is 127 Å². The van der Waals surface area contributed by atoms with Gasteiger partial charge >= 0.3 is 6.18 Å². The summed E-state index contributed by atoms with van der Waals surface area (Å²) in [4.78, 5) is 12.0. The molecule has 1 fully saturated rings. The topological polar surface area (TPSA) is 49.3 Å². The Kier molecular flexibility index (Phi) is 5.11. The second-order valence-corrected chi connectivity index (χ2v) is 5.93. The molecule has 0 spiro atoms. The second kappa shape index (κ2) is 6.69. The van der Waals surface area contributed by atoms with Gasteiger partial charge in [0.1, 0.15) is 0 Å². The van der Waals surface area contributed by atoms with Gasteiger partial charge in [-0.05, 0) is 36.3 Å². The van der Waals surface area contributed by atoms with Crippen LogP contribution in [0.2, 0.25) is 0 Å². The standard InChI is InChI=1S/C16H20F3NO2/c1-10(5-6-21)9-20-15(22)14-8-13(14)11-3-2-4-12(7-11)16(17,18)19/h2-4,7,10,13-14,21H,5-6,8-9H2,1H3,(H,20,22). The summed E-state index contributed by atoms with van der Waals surface area (Å²) in [6.07, 6.45) is -3.16. The molecule has 2 N–H and O–H groups in total. The third kappa shape index (κ3) is 4.22. The Hall–Kier alpha value is -1.56. The fraction of sp³-hybridized carbons (Fsp3) is 0.562. The van der Waals surface area contributed by atoms with Crippen LogP contribution < -0.4 is 5.32 Å². The van der Waals surface area contributed by atoms with Crippen molar-refractivity contribution >= 4 is 5.91 Å². The Morgan fingerprint density at radius 3 is 2.82 bits per heavy atom. The van der Waals surface area contributed by atoms with E-state index in [1.807, 2.05) is 6.92 Å². The number of hydrogen-bond donors (Lipinski definition) is 2. The number of aliphatic hydroxyl groups is 1. The number of rotatable bonds is 6. The molecule has 3 nitrogen and oxygen atoms in total. The predicted molar refractivity (Wildman–Crippen MR) is 76.2 cm³/mol. The summed E-state index contributed by atoms with van der Waals surface area (Å²) in [5.74, 6) is -0.313. The summed E-state index contributed by atoms with van der Waals surface area (Å²) in [6, 6.07) is 5.19. The van der Waals surface area contributed by atoms with Gasteiger partial charge in [0.25, 0.3) is 0 Å². The minimum Gasteiger partial charge on any atom is -0.396 e. The fourth-order valence-electron chi connectivity index (χ4n) is 2.53. The van der Waals surface area contributed by atoms with Gasteiger partial charge in [0.15, 0.2) is 0 Å². The lowest BCUT2D eigenvalue weighted by Gasteiger charge is -2.11.